The fourth-order valence-corrected chi connectivity index (χ4v) is 2.96. The number of nitrogens with one attached hydrogen (secondary N) is 2. The van der Waals surface area contributed by atoms with Crippen molar-refractivity contribution in [2.45, 2.75) is 18.8 Å². The van der Waals surface area contributed by atoms with Crippen LogP contribution in [-0.4, -0.2) is 36.7 Å². The van der Waals surface area contributed by atoms with Gasteiger partial charge in [-0.25, -0.2) is 15.0 Å². The van der Waals surface area contributed by atoms with E-state index >= 15 is 0 Å². The number of fused-ring (bicyclic) bond motifs is 1. The second-order valence-corrected chi connectivity index (χ2v) is 6.32. The molecule has 130 valence electrons. The van der Waals surface area contributed by atoms with Crippen molar-refractivity contribution < 1.29 is 4.74 Å². The SMILES string of the molecule is COc1cc(-c2cc3nccn3c(Nc3cc(C4CC4)[nH]n3)n2)ccn1. The van der Waals surface area contributed by atoms with Gasteiger partial charge in [0.25, 0.3) is 0 Å². The minimum absolute atomic E-state index is 0.545. The smallest absolute Gasteiger partial charge is 0.214 e. The zero-order valence-electron chi connectivity index (χ0n) is 14.2. The first-order chi connectivity index (χ1) is 12.8. The lowest BCUT2D eigenvalue weighted by Gasteiger charge is -2.09. The molecule has 1 fully saturated rings. The van der Waals surface area contributed by atoms with Gasteiger partial charge in [0.15, 0.2) is 5.82 Å². The average Bonchev–Trinajstić information content (AvgIpc) is 3.23. The number of ether oxygens (including phenoxy) is 1. The molecule has 2 N–H and O–H groups in total. The maximum atomic E-state index is 5.22. The molecule has 0 atom stereocenters. The Kier molecular flexibility index (Phi) is 3.34. The van der Waals surface area contributed by atoms with Crippen LogP contribution >= 0.6 is 0 Å². The van der Waals surface area contributed by atoms with E-state index in [0.717, 1.165) is 22.7 Å². The number of aromatic nitrogens is 6. The van der Waals surface area contributed by atoms with Gasteiger partial charge in [0.1, 0.15) is 5.65 Å². The molecule has 5 rings (SSSR count). The molecule has 0 radical (unpaired) electrons. The molecule has 0 bridgehead atoms. The van der Waals surface area contributed by atoms with Gasteiger partial charge in [-0.1, -0.05) is 0 Å². The summed E-state index contributed by atoms with van der Waals surface area (Å²) in [5.74, 6) is 2.57. The van der Waals surface area contributed by atoms with Gasteiger partial charge in [0.2, 0.25) is 11.8 Å². The molecule has 0 aliphatic heterocycles. The summed E-state index contributed by atoms with van der Waals surface area (Å²) in [4.78, 5) is 13.3. The number of hydrogen-bond acceptors (Lipinski definition) is 6. The molecule has 0 aromatic carbocycles. The molecule has 1 aliphatic carbocycles. The zero-order chi connectivity index (χ0) is 17.5. The van der Waals surface area contributed by atoms with Crippen molar-refractivity contribution in [2.75, 3.05) is 12.4 Å². The van der Waals surface area contributed by atoms with Crippen LogP contribution in [0, 0.1) is 0 Å². The lowest BCUT2D eigenvalue weighted by Crippen LogP contribution is -2.03. The largest absolute Gasteiger partial charge is 0.481 e. The van der Waals surface area contributed by atoms with Crippen molar-refractivity contribution in [3.05, 3.63) is 48.5 Å². The summed E-state index contributed by atoms with van der Waals surface area (Å²) in [5, 5.41) is 10.8. The Balaban J connectivity index is 1.55. The Bertz CT molecular complexity index is 1080. The third kappa shape index (κ3) is 2.65. The van der Waals surface area contributed by atoms with Crippen LogP contribution in [0.15, 0.2) is 42.9 Å². The van der Waals surface area contributed by atoms with Crippen LogP contribution in [0.4, 0.5) is 11.8 Å². The summed E-state index contributed by atoms with van der Waals surface area (Å²) in [7, 11) is 1.60. The quantitative estimate of drug-likeness (QED) is 0.576. The zero-order valence-corrected chi connectivity index (χ0v) is 14.2. The van der Waals surface area contributed by atoms with Gasteiger partial charge < -0.3 is 10.1 Å². The lowest BCUT2D eigenvalue weighted by atomic mass is 10.2. The highest BCUT2D eigenvalue weighted by Gasteiger charge is 2.25. The van der Waals surface area contributed by atoms with E-state index in [4.69, 9.17) is 9.72 Å². The Morgan fingerprint density at radius 1 is 1.19 bits per heavy atom. The molecule has 4 aromatic heterocycles. The third-order valence-corrected chi connectivity index (χ3v) is 4.48. The number of H-pyrrole nitrogens is 1. The van der Waals surface area contributed by atoms with E-state index in [1.54, 1.807) is 19.5 Å². The first-order valence-electron chi connectivity index (χ1n) is 8.47. The molecule has 0 spiro atoms. The lowest BCUT2D eigenvalue weighted by molar-refractivity contribution is 0.398. The highest BCUT2D eigenvalue weighted by molar-refractivity contribution is 5.67. The van der Waals surface area contributed by atoms with E-state index in [1.807, 2.05) is 34.9 Å². The molecule has 0 amide bonds. The molecule has 0 unspecified atom stereocenters. The second kappa shape index (κ2) is 5.83. The van der Waals surface area contributed by atoms with Gasteiger partial charge in [-0.2, -0.15) is 5.10 Å². The van der Waals surface area contributed by atoms with Gasteiger partial charge in [-0.3, -0.25) is 9.50 Å². The maximum absolute atomic E-state index is 5.22. The Morgan fingerprint density at radius 2 is 2.12 bits per heavy atom. The van der Waals surface area contributed by atoms with Crippen LogP contribution in [0.3, 0.4) is 0 Å². The van der Waals surface area contributed by atoms with Crippen molar-refractivity contribution in [1.82, 2.24) is 29.5 Å². The molecule has 4 aromatic rings. The monoisotopic (exact) mass is 347 g/mol. The predicted octanol–water partition coefficient (Wildman–Crippen LogP) is 3.14. The number of pyridine rings is 1. The fourth-order valence-electron chi connectivity index (χ4n) is 2.96. The van der Waals surface area contributed by atoms with Gasteiger partial charge in [0.05, 0.1) is 12.8 Å². The number of methoxy groups -OCH3 is 1. The van der Waals surface area contributed by atoms with Crippen LogP contribution in [0.25, 0.3) is 16.9 Å². The van der Waals surface area contributed by atoms with Gasteiger partial charge >= 0.3 is 0 Å². The van der Waals surface area contributed by atoms with E-state index in [1.165, 1.54) is 18.5 Å². The van der Waals surface area contributed by atoms with Crippen molar-refractivity contribution in [3.63, 3.8) is 0 Å². The number of imidazole rings is 1. The number of anilines is 2. The molecular weight excluding hydrogens is 330 g/mol. The minimum atomic E-state index is 0.545. The summed E-state index contributed by atoms with van der Waals surface area (Å²) < 4.78 is 7.11. The summed E-state index contributed by atoms with van der Waals surface area (Å²) in [6.45, 7) is 0. The summed E-state index contributed by atoms with van der Waals surface area (Å²) in [5.41, 5.74) is 3.66. The van der Waals surface area contributed by atoms with Crippen LogP contribution in [0.2, 0.25) is 0 Å². The average molecular weight is 347 g/mol. The van der Waals surface area contributed by atoms with Crippen LogP contribution in [-0.2, 0) is 0 Å². The topological polar surface area (TPSA) is 93.0 Å². The summed E-state index contributed by atoms with van der Waals surface area (Å²) in [6.07, 6.45) is 7.78. The number of hydrogen-bond donors (Lipinski definition) is 2. The summed E-state index contributed by atoms with van der Waals surface area (Å²) >= 11 is 0. The molecule has 8 heteroatoms. The van der Waals surface area contributed by atoms with Crippen LogP contribution < -0.4 is 10.1 Å². The highest BCUT2D eigenvalue weighted by atomic mass is 16.5. The standard InChI is InChI=1S/C18H17N7O/c1-26-17-8-12(4-5-20-17)13-10-16-19-6-7-25(16)18(21-13)22-15-9-14(23-24-15)11-2-3-11/h4-11H,2-3H2,1H3,(H2,21,22,23,24). The summed E-state index contributed by atoms with van der Waals surface area (Å²) in [6, 6.07) is 7.73. The Morgan fingerprint density at radius 3 is 2.96 bits per heavy atom. The second-order valence-electron chi connectivity index (χ2n) is 6.32. The van der Waals surface area contributed by atoms with Gasteiger partial charge in [0, 0.05) is 54.0 Å². The van der Waals surface area contributed by atoms with Crippen LogP contribution in [0.1, 0.15) is 24.5 Å². The van der Waals surface area contributed by atoms with Crippen LogP contribution in [0.5, 0.6) is 5.88 Å². The van der Waals surface area contributed by atoms with Crippen molar-refractivity contribution in [2.24, 2.45) is 0 Å². The first kappa shape index (κ1) is 14.9. The Labute approximate surface area is 149 Å². The molecule has 26 heavy (non-hydrogen) atoms. The fraction of sp³-hybridized carbons (Fsp3) is 0.222. The maximum Gasteiger partial charge on any atom is 0.214 e. The van der Waals surface area contributed by atoms with Crippen molar-refractivity contribution >= 4 is 17.4 Å². The molecular formula is C18H17N7O. The molecule has 1 aliphatic rings. The predicted molar refractivity (Wildman–Crippen MR) is 96.6 cm³/mol. The Hall–Kier alpha value is -3.42. The third-order valence-electron chi connectivity index (χ3n) is 4.48. The van der Waals surface area contributed by atoms with E-state index in [9.17, 15) is 0 Å². The van der Waals surface area contributed by atoms with E-state index in [2.05, 4.69) is 25.5 Å². The molecule has 8 nitrogen and oxygen atoms in total. The first-order valence-corrected chi connectivity index (χ1v) is 8.47. The van der Waals surface area contributed by atoms with E-state index in [-0.39, 0.29) is 0 Å². The molecule has 4 heterocycles. The minimum Gasteiger partial charge on any atom is -0.481 e. The number of rotatable bonds is 5. The van der Waals surface area contributed by atoms with E-state index < -0.39 is 0 Å². The van der Waals surface area contributed by atoms with Gasteiger partial charge in [-0.15, -0.1) is 0 Å². The normalized spacial score (nSPS) is 13.9. The number of aromatic amines is 1. The number of nitrogens with zero attached hydrogens (tertiary/aromatic N) is 5. The highest BCUT2D eigenvalue weighted by Crippen LogP contribution is 2.39. The van der Waals surface area contributed by atoms with Gasteiger partial charge in [-0.05, 0) is 18.9 Å². The van der Waals surface area contributed by atoms with E-state index in [0.29, 0.717) is 17.7 Å². The van der Waals surface area contributed by atoms with Crippen molar-refractivity contribution in [3.8, 4) is 17.1 Å². The molecule has 1 saturated carbocycles. The molecule has 0 saturated heterocycles. The van der Waals surface area contributed by atoms with Crippen molar-refractivity contribution in [1.29, 1.82) is 0 Å².